The second-order valence-corrected chi connectivity index (χ2v) is 4.42. The maximum absolute atomic E-state index is 5.79. The van der Waals surface area contributed by atoms with E-state index in [1.807, 2.05) is 24.3 Å². The largest absolute Gasteiger partial charge is 0.376 e. The van der Waals surface area contributed by atoms with Crippen LogP contribution in [0.1, 0.15) is 5.56 Å². The lowest BCUT2D eigenvalue weighted by molar-refractivity contribution is 0.687. The summed E-state index contributed by atoms with van der Waals surface area (Å²) in [6.45, 7) is 0.681. The SMILES string of the molecule is NC(=S)Nc1ccc(Cn2cc(Cl)cn2)cc1. The maximum Gasteiger partial charge on any atom is 0.168 e. The summed E-state index contributed by atoms with van der Waals surface area (Å²) in [7, 11) is 0. The van der Waals surface area contributed by atoms with Crippen molar-refractivity contribution in [2.75, 3.05) is 5.32 Å². The first-order valence-corrected chi connectivity index (χ1v) is 5.75. The molecule has 0 aliphatic rings. The zero-order valence-corrected chi connectivity index (χ0v) is 10.5. The summed E-state index contributed by atoms with van der Waals surface area (Å²) in [4.78, 5) is 0. The van der Waals surface area contributed by atoms with E-state index in [-0.39, 0.29) is 5.11 Å². The molecular weight excluding hydrogens is 256 g/mol. The molecule has 0 amide bonds. The molecule has 0 aliphatic carbocycles. The third-order valence-corrected chi connectivity index (χ3v) is 2.47. The lowest BCUT2D eigenvalue weighted by Crippen LogP contribution is -2.18. The van der Waals surface area contributed by atoms with Crippen molar-refractivity contribution in [1.82, 2.24) is 9.78 Å². The van der Waals surface area contributed by atoms with Crippen LogP contribution in [0, 0.1) is 0 Å². The van der Waals surface area contributed by atoms with Crippen molar-refractivity contribution in [3.8, 4) is 0 Å². The van der Waals surface area contributed by atoms with Gasteiger partial charge in [0, 0.05) is 11.9 Å². The van der Waals surface area contributed by atoms with Gasteiger partial charge in [-0.15, -0.1) is 0 Å². The predicted molar refractivity (Wildman–Crippen MR) is 73.2 cm³/mol. The van der Waals surface area contributed by atoms with Gasteiger partial charge in [0.2, 0.25) is 0 Å². The first-order chi connectivity index (χ1) is 8.13. The average molecular weight is 267 g/mol. The Morgan fingerprint density at radius 1 is 1.41 bits per heavy atom. The minimum absolute atomic E-state index is 0.261. The Bertz CT molecular complexity index is 521. The molecule has 0 spiro atoms. The van der Waals surface area contributed by atoms with E-state index in [1.165, 1.54) is 0 Å². The van der Waals surface area contributed by atoms with Gasteiger partial charge in [0.05, 0.1) is 17.8 Å². The number of nitrogens with two attached hydrogens (primary N) is 1. The highest BCUT2D eigenvalue weighted by Gasteiger charge is 1.98. The molecule has 0 radical (unpaired) electrons. The molecule has 0 saturated carbocycles. The van der Waals surface area contributed by atoms with Gasteiger partial charge in [-0.2, -0.15) is 5.10 Å². The number of hydrogen-bond acceptors (Lipinski definition) is 2. The van der Waals surface area contributed by atoms with E-state index in [0.29, 0.717) is 11.6 Å². The Balaban J connectivity index is 2.05. The van der Waals surface area contributed by atoms with Crippen LogP contribution < -0.4 is 11.1 Å². The summed E-state index contributed by atoms with van der Waals surface area (Å²) in [6.07, 6.45) is 3.40. The summed E-state index contributed by atoms with van der Waals surface area (Å²) in [5, 5.41) is 7.87. The van der Waals surface area contributed by atoms with Gasteiger partial charge in [-0.05, 0) is 29.9 Å². The number of anilines is 1. The van der Waals surface area contributed by atoms with Gasteiger partial charge in [-0.3, -0.25) is 4.68 Å². The fourth-order valence-corrected chi connectivity index (χ4v) is 1.72. The quantitative estimate of drug-likeness (QED) is 0.837. The van der Waals surface area contributed by atoms with Crippen molar-refractivity contribution in [1.29, 1.82) is 0 Å². The molecule has 3 N–H and O–H groups in total. The zero-order valence-electron chi connectivity index (χ0n) is 8.93. The number of hydrogen-bond donors (Lipinski definition) is 2. The first-order valence-electron chi connectivity index (χ1n) is 4.97. The van der Waals surface area contributed by atoms with E-state index in [2.05, 4.69) is 10.4 Å². The van der Waals surface area contributed by atoms with Crippen molar-refractivity contribution >= 4 is 34.6 Å². The third-order valence-electron chi connectivity index (χ3n) is 2.17. The molecule has 1 heterocycles. The van der Waals surface area contributed by atoms with E-state index in [9.17, 15) is 0 Å². The van der Waals surface area contributed by atoms with Crippen LogP contribution in [0.2, 0.25) is 5.02 Å². The van der Waals surface area contributed by atoms with Gasteiger partial charge >= 0.3 is 0 Å². The van der Waals surface area contributed by atoms with E-state index in [1.54, 1.807) is 17.1 Å². The minimum Gasteiger partial charge on any atom is -0.376 e. The number of nitrogens with zero attached hydrogens (tertiary/aromatic N) is 2. The van der Waals surface area contributed by atoms with Crippen LogP contribution in [-0.4, -0.2) is 14.9 Å². The lowest BCUT2D eigenvalue weighted by atomic mass is 10.2. The molecule has 1 aromatic carbocycles. The van der Waals surface area contributed by atoms with Gasteiger partial charge in [0.25, 0.3) is 0 Å². The maximum atomic E-state index is 5.79. The fourth-order valence-electron chi connectivity index (χ4n) is 1.45. The summed E-state index contributed by atoms with van der Waals surface area (Å²) >= 11 is 10.5. The Labute approximate surface area is 109 Å². The molecule has 2 rings (SSSR count). The molecule has 17 heavy (non-hydrogen) atoms. The molecular formula is C11H11ClN4S. The topological polar surface area (TPSA) is 55.9 Å². The highest BCUT2D eigenvalue weighted by Crippen LogP contribution is 2.11. The molecule has 0 aliphatic heterocycles. The molecule has 0 saturated heterocycles. The van der Waals surface area contributed by atoms with Gasteiger partial charge < -0.3 is 11.1 Å². The van der Waals surface area contributed by atoms with Crippen molar-refractivity contribution in [2.24, 2.45) is 5.73 Å². The van der Waals surface area contributed by atoms with Crippen LogP contribution in [0.5, 0.6) is 0 Å². The van der Waals surface area contributed by atoms with Crippen molar-refractivity contribution in [3.63, 3.8) is 0 Å². The summed E-state index contributed by atoms with van der Waals surface area (Å²) in [5.74, 6) is 0. The second-order valence-electron chi connectivity index (χ2n) is 3.54. The molecule has 1 aromatic heterocycles. The van der Waals surface area contributed by atoms with Crippen LogP contribution >= 0.6 is 23.8 Å². The lowest BCUT2D eigenvalue weighted by Gasteiger charge is -2.05. The van der Waals surface area contributed by atoms with Crippen LogP contribution in [0.25, 0.3) is 0 Å². The number of aromatic nitrogens is 2. The van der Waals surface area contributed by atoms with E-state index < -0.39 is 0 Å². The number of rotatable bonds is 3. The Kier molecular flexibility index (Phi) is 3.61. The predicted octanol–water partition coefficient (Wildman–Crippen LogP) is 2.24. The first kappa shape index (κ1) is 11.9. The van der Waals surface area contributed by atoms with E-state index in [4.69, 9.17) is 29.6 Å². The standard InChI is InChI=1S/C11H11ClN4S/c12-9-5-14-16(7-9)6-8-1-3-10(4-2-8)15-11(13)17/h1-5,7H,6H2,(H3,13,15,17). The van der Waals surface area contributed by atoms with Gasteiger partial charge in [0.15, 0.2) is 5.11 Å². The minimum atomic E-state index is 0.261. The Morgan fingerprint density at radius 3 is 2.65 bits per heavy atom. The summed E-state index contributed by atoms with van der Waals surface area (Å²) in [6, 6.07) is 7.80. The van der Waals surface area contributed by atoms with Crippen LogP contribution in [0.3, 0.4) is 0 Å². The number of halogens is 1. The fraction of sp³-hybridized carbons (Fsp3) is 0.0909. The van der Waals surface area contributed by atoms with Gasteiger partial charge in [-0.25, -0.2) is 0 Å². The smallest absolute Gasteiger partial charge is 0.168 e. The monoisotopic (exact) mass is 266 g/mol. The Hall–Kier alpha value is -1.59. The summed E-state index contributed by atoms with van der Waals surface area (Å²) in [5.41, 5.74) is 7.38. The average Bonchev–Trinajstić information content (AvgIpc) is 2.66. The molecule has 6 heteroatoms. The van der Waals surface area contributed by atoms with E-state index >= 15 is 0 Å². The highest BCUT2D eigenvalue weighted by molar-refractivity contribution is 7.80. The highest BCUT2D eigenvalue weighted by atomic mass is 35.5. The van der Waals surface area contributed by atoms with Gasteiger partial charge in [-0.1, -0.05) is 23.7 Å². The second kappa shape index (κ2) is 5.16. The molecule has 4 nitrogen and oxygen atoms in total. The van der Waals surface area contributed by atoms with Crippen LogP contribution in [0.15, 0.2) is 36.7 Å². The molecule has 0 fully saturated rings. The number of nitrogens with one attached hydrogen (secondary N) is 1. The molecule has 0 atom stereocenters. The summed E-state index contributed by atoms with van der Waals surface area (Å²) < 4.78 is 1.78. The van der Waals surface area contributed by atoms with E-state index in [0.717, 1.165) is 11.3 Å². The zero-order chi connectivity index (χ0) is 12.3. The Morgan fingerprint density at radius 2 is 2.12 bits per heavy atom. The molecule has 88 valence electrons. The molecule has 0 bridgehead atoms. The van der Waals surface area contributed by atoms with Crippen molar-refractivity contribution in [2.45, 2.75) is 6.54 Å². The van der Waals surface area contributed by atoms with Gasteiger partial charge in [0.1, 0.15) is 0 Å². The van der Waals surface area contributed by atoms with Crippen LogP contribution in [0.4, 0.5) is 5.69 Å². The molecule has 2 aromatic rings. The normalized spacial score (nSPS) is 10.2. The van der Waals surface area contributed by atoms with Crippen molar-refractivity contribution < 1.29 is 0 Å². The number of thiocarbonyl (C=S) groups is 1. The van der Waals surface area contributed by atoms with Crippen LogP contribution in [-0.2, 0) is 6.54 Å². The van der Waals surface area contributed by atoms with Crippen molar-refractivity contribution in [3.05, 3.63) is 47.2 Å². The molecule has 0 unspecified atom stereocenters. The third kappa shape index (κ3) is 3.44. The number of benzene rings is 1.